The Morgan fingerprint density at radius 3 is 2.93 bits per heavy atom. The van der Waals surface area contributed by atoms with Crippen molar-refractivity contribution in [2.45, 2.75) is 25.3 Å². The zero-order valence-electron chi connectivity index (χ0n) is 14.7. The highest BCUT2D eigenvalue weighted by atomic mass is 32.1. The van der Waals surface area contributed by atoms with Crippen molar-refractivity contribution in [3.8, 4) is 10.7 Å². The molecular formula is C19H15N5O3S. The number of carbonyl (C=O) groups is 1. The second-order valence-electron chi connectivity index (χ2n) is 6.73. The number of anilines is 1. The van der Waals surface area contributed by atoms with Gasteiger partial charge in [-0.2, -0.15) is 4.98 Å². The Bertz CT molecular complexity index is 1130. The van der Waals surface area contributed by atoms with Gasteiger partial charge in [0.15, 0.2) is 11.6 Å². The van der Waals surface area contributed by atoms with Crippen molar-refractivity contribution in [3.05, 3.63) is 68.7 Å². The molecule has 8 nitrogen and oxygen atoms in total. The van der Waals surface area contributed by atoms with E-state index in [1.54, 1.807) is 16.8 Å². The van der Waals surface area contributed by atoms with E-state index in [-0.39, 0.29) is 11.5 Å². The minimum Gasteiger partial charge on any atom is -0.328 e. The molecule has 140 valence electrons. The SMILES string of the molecule is O=C1CCCC2=C1C(c1cccc([N+](=O)[O-])c1)n1nc(-c3cccs3)nc1N2. The number of nitro groups is 1. The summed E-state index contributed by atoms with van der Waals surface area (Å²) in [7, 11) is 0. The Labute approximate surface area is 163 Å². The quantitative estimate of drug-likeness (QED) is 0.534. The summed E-state index contributed by atoms with van der Waals surface area (Å²) in [4.78, 5) is 29.2. The van der Waals surface area contributed by atoms with Gasteiger partial charge in [0.1, 0.15) is 6.04 Å². The second-order valence-corrected chi connectivity index (χ2v) is 7.68. The van der Waals surface area contributed by atoms with Gasteiger partial charge in [0.05, 0.1) is 9.80 Å². The number of carbonyl (C=O) groups excluding carboxylic acids is 1. The molecule has 2 aromatic heterocycles. The number of fused-ring (bicyclic) bond motifs is 1. The smallest absolute Gasteiger partial charge is 0.269 e. The van der Waals surface area contributed by atoms with E-state index in [1.807, 2.05) is 17.5 Å². The molecule has 1 aliphatic carbocycles. The standard InChI is InChI=1S/C19H15N5O3S/c25-14-7-2-6-13-16(14)17(11-4-1-5-12(10-11)24(26)27)23-19(20-13)21-18(22-23)15-8-3-9-28-15/h1,3-5,8-10,17H,2,6-7H2,(H,20,21,22). The first-order valence-electron chi connectivity index (χ1n) is 8.90. The van der Waals surface area contributed by atoms with Crippen molar-refractivity contribution in [1.82, 2.24) is 14.8 Å². The maximum Gasteiger partial charge on any atom is 0.269 e. The van der Waals surface area contributed by atoms with Gasteiger partial charge in [0.25, 0.3) is 5.69 Å². The summed E-state index contributed by atoms with van der Waals surface area (Å²) >= 11 is 1.53. The molecule has 0 radical (unpaired) electrons. The third kappa shape index (κ3) is 2.63. The summed E-state index contributed by atoms with van der Waals surface area (Å²) < 4.78 is 1.68. The fraction of sp³-hybridized carbons (Fsp3) is 0.211. The van der Waals surface area contributed by atoms with Crippen LogP contribution in [-0.2, 0) is 4.79 Å². The number of Topliss-reactive ketones (excluding diaryl/α,β-unsaturated/α-hetero) is 1. The van der Waals surface area contributed by atoms with Crippen LogP contribution < -0.4 is 5.32 Å². The molecule has 1 aromatic carbocycles. The van der Waals surface area contributed by atoms with E-state index in [1.165, 1.54) is 23.5 Å². The normalized spacial score (nSPS) is 18.4. The van der Waals surface area contributed by atoms with Crippen LogP contribution in [0, 0.1) is 10.1 Å². The molecule has 1 unspecified atom stereocenters. The molecule has 5 rings (SSSR count). The first kappa shape index (κ1) is 16.8. The fourth-order valence-corrected chi connectivity index (χ4v) is 4.44. The molecule has 1 aliphatic heterocycles. The summed E-state index contributed by atoms with van der Waals surface area (Å²) in [6.07, 6.45) is 1.99. The van der Waals surface area contributed by atoms with Crippen LogP contribution in [0.15, 0.2) is 53.0 Å². The van der Waals surface area contributed by atoms with Crippen LogP contribution in [-0.4, -0.2) is 25.5 Å². The average Bonchev–Trinajstić information content (AvgIpc) is 3.36. The zero-order valence-corrected chi connectivity index (χ0v) is 15.5. The topological polar surface area (TPSA) is 103 Å². The molecule has 0 amide bonds. The van der Waals surface area contributed by atoms with E-state index in [0.29, 0.717) is 29.3 Å². The predicted molar refractivity (Wildman–Crippen MR) is 104 cm³/mol. The lowest BCUT2D eigenvalue weighted by molar-refractivity contribution is -0.384. The van der Waals surface area contributed by atoms with Gasteiger partial charge in [-0.25, -0.2) is 4.68 Å². The van der Waals surface area contributed by atoms with Crippen LogP contribution in [0.3, 0.4) is 0 Å². The fourth-order valence-electron chi connectivity index (χ4n) is 3.78. The van der Waals surface area contributed by atoms with Crippen molar-refractivity contribution in [2.75, 3.05) is 5.32 Å². The molecule has 9 heteroatoms. The number of nitrogens with one attached hydrogen (secondary N) is 1. The van der Waals surface area contributed by atoms with Gasteiger partial charge in [0, 0.05) is 29.8 Å². The number of ketones is 1. The molecule has 28 heavy (non-hydrogen) atoms. The number of rotatable bonds is 3. The van der Waals surface area contributed by atoms with E-state index in [9.17, 15) is 14.9 Å². The summed E-state index contributed by atoms with van der Waals surface area (Å²) in [5, 5.41) is 21.1. The number of nitrogens with zero attached hydrogens (tertiary/aromatic N) is 4. The van der Waals surface area contributed by atoms with E-state index in [4.69, 9.17) is 0 Å². The molecule has 0 spiro atoms. The van der Waals surface area contributed by atoms with Crippen molar-refractivity contribution in [3.63, 3.8) is 0 Å². The van der Waals surface area contributed by atoms with Gasteiger partial charge in [-0.15, -0.1) is 16.4 Å². The lowest BCUT2D eigenvalue weighted by Crippen LogP contribution is -2.31. The number of thiophene rings is 1. The van der Waals surface area contributed by atoms with E-state index in [2.05, 4.69) is 15.4 Å². The number of nitro benzene ring substituents is 1. The minimum atomic E-state index is -0.528. The lowest BCUT2D eigenvalue weighted by atomic mass is 9.85. The highest BCUT2D eigenvalue weighted by Gasteiger charge is 2.37. The Kier molecular flexibility index (Phi) is 3.83. The third-order valence-electron chi connectivity index (χ3n) is 5.01. The van der Waals surface area contributed by atoms with Crippen LogP contribution >= 0.6 is 11.3 Å². The first-order valence-corrected chi connectivity index (χ1v) is 9.78. The second kappa shape index (κ2) is 6.38. The number of aromatic nitrogens is 3. The Morgan fingerprint density at radius 1 is 1.25 bits per heavy atom. The molecule has 0 bridgehead atoms. The van der Waals surface area contributed by atoms with E-state index < -0.39 is 11.0 Å². The van der Waals surface area contributed by atoms with Crippen LogP contribution in [0.2, 0.25) is 0 Å². The number of hydrogen-bond acceptors (Lipinski definition) is 7. The lowest BCUT2D eigenvalue weighted by Gasteiger charge is -2.32. The summed E-state index contributed by atoms with van der Waals surface area (Å²) in [5.74, 6) is 1.16. The molecule has 2 aliphatic rings. The first-order chi connectivity index (χ1) is 13.6. The van der Waals surface area contributed by atoms with Gasteiger partial charge in [0.2, 0.25) is 5.95 Å². The van der Waals surface area contributed by atoms with Crippen molar-refractivity contribution in [2.24, 2.45) is 0 Å². The molecule has 3 heterocycles. The van der Waals surface area contributed by atoms with Crippen LogP contribution in [0.5, 0.6) is 0 Å². The number of allylic oxidation sites excluding steroid dienone is 2. The highest BCUT2D eigenvalue weighted by molar-refractivity contribution is 7.13. The Hall–Kier alpha value is -3.33. The maximum absolute atomic E-state index is 12.8. The van der Waals surface area contributed by atoms with Crippen LogP contribution in [0.25, 0.3) is 10.7 Å². The summed E-state index contributed by atoms with van der Waals surface area (Å²) in [6, 6.07) is 9.73. The van der Waals surface area contributed by atoms with Crippen LogP contribution in [0.1, 0.15) is 30.9 Å². The number of hydrogen-bond donors (Lipinski definition) is 1. The van der Waals surface area contributed by atoms with Crippen molar-refractivity contribution < 1.29 is 9.72 Å². The molecule has 1 atom stereocenters. The molecule has 0 fully saturated rings. The van der Waals surface area contributed by atoms with Gasteiger partial charge < -0.3 is 5.32 Å². The average molecular weight is 393 g/mol. The number of benzene rings is 1. The molecule has 3 aromatic rings. The molecule has 0 saturated carbocycles. The van der Waals surface area contributed by atoms with E-state index in [0.717, 1.165) is 23.4 Å². The Balaban J connectivity index is 1.70. The molecular weight excluding hydrogens is 378 g/mol. The largest absolute Gasteiger partial charge is 0.328 e. The van der Waals surface area contributed by atoms with Crippen molar-refractivity contribution in [1.29, 1.82) is 0 Å². The van der Waals surface area contributed by atoms with Gasteiger partial charge in [-0.1, -0.05) is 18.2 Å². The van der Waals surface area contributed by atoms with Gasteiger partial charge in [-0.05, 0) is 29.9 Å². The van der Waals surface area contributed by atoms with Crippen LogP contribution in [0.4, 0.5) is 11.6 Å². The predicted octanol–water partition coefficient (Wildman–Crippen LogP) is 3.94. The Morgan fingerprint density at radius 2 is 2.14 bits per heavy atom. The third-order valence-corrected chi connectivity index (χ3v) is 5.87. The number of non-ortho nitro benzene ring substituents is 1. The monoisotopic (exact) mass is 393 g/mol. The molecule has 1 N–H and O–H groups in total. The van der Waals surface area contributed by atoms with Gasteiger partial charge >= 0.3 is 0 Å². The van der Waals surface area contributed by atoms with Gasteiger partial charge in [-0.3, -0.25) is 14.9 Å². The van der Waals surface area contributed by atoms with Crippen molar-refractivity contribution >= 4 is 28.8 Å². The maximum atomic E-state index is 12.8. The minimum absolute atomic E-state index is 0.0124. The molecule has 0 saturated heterocycles. The highest BCUT2D eigenvalue weighted by Crippen LogP contribution is 2.41. The summed E-state index contributed by atoms with van der Waals surface area (Å²) in [5.41, 5.74) is 2.11. The van der Waals surface area contributed by atoms with E-state index >= 15 is 0 Å². The zero-order chi connectivity index (χ0) is 19.3. The summed E-state index contributed by atoms with van der Waals surface area (Å²) in [6.45, 7) is 0.